The minimum Gasteiger partial charge on any atom is -0.267 e. The van der Waals surface area contributed by atoms with Crippen molar-refractivity contribution in [2.24, 2.45) is 0 Å². The van der Waals surface area contributed by atoms with Crippen molar-refractivity contribution in [2.75, 3.05) is 18.5 Å². The molecule has 0 aliphatic carbocycles. The molecule has 0 atom stereocenters. The Morgan fingerprint density at radius 2 is 1.66 bits per heavy atom. The van der Waals surface area contributed by atoms with Gasteiger partial charge in [-0.3, -0.25) is 15.0 Å². The number of fused-ring (bicyclic) bond motifs is 1. The topological polar surface area (TPSA) is 119 Å². The molecule has 0 radical (unpaired) electrons. The fourth-order valence-electron chi connectivity index (χ4n) is 3.97. The highest BCUT2D eigenvalue weighted by Gasteiger charge is 2.26. The first-order valence-corrected chi connectivity index (χ1v) is 12.4. The number of benzene rings is 2. The van der Waals surface area contributed by atoms with Gasteiger partial charge in [-0.1, -0.05) is 6.42 Å². The number of hydrogen-bond donors (Lipinski definition) is 1. The van der Waals surface area contributed by atoms with E-state index in [-0.39, 0.29) is 21.5 Å². The number of hydrogen-bond acceptors (Lipinski definition) is 6. The molecule has 1 aliphatic rings. The van der Waals surface area contributed by atoms with Gasteiger partial charge in [0.2, 0.25) is 10.0 Å². The van der Waals surface area contributed by atoms with Crippen molar-refractivity contribution >= 4 is 27.0 Å². The Bertz CT molecular complexity index is 1560. The van der Waals surface area contributed by atoms with Gasteiger partial charge in [0.05, 0.1) is 16.8 Å². The highest BCUT2D eigenvalue weighted by atomic mass is 32.2. The van der Waals surface area contributed by atoms with Crippen LogP contribution >= 0.6 is 0 Å². The van der Waals surface area contributed by atoms with Gasteiger partial charge in [-0.2, -0.15) is 9.40 Å². The number of carbonyl (C=O) groups is 1. The predicted molar refractivity (Wildman–Crippen MR) is 126 cm³/mol. The molecule has 3 heterocycles. The van der Waals surface area contributed by atoms with Crippen LogP contribution in [0.15, 0.2) is 70.7 Å². The fraction of sp³-hybridized carbons (Fsp3) is 0.217. The Kier molecular flexibility index (Phi) is 5.91. The van der Waals surface area contributed by atoms with Crippen LogP contribution in [0.2, 0.25) is 0 Å². The van der Waals surface area contributed by atoms with Crippen LogP contribution in [0.25, 0.3) is 16.7 Å². The molecule has 1 amide bonds. The second kappa shape index (κ2) is 9.04. The predicted octanol–water partition coefficient (Wildman–Crippen LogP) is 2.28. The van der Waals surface area contributed by atoms with Crippen molar-refractivity contribution in [1.29, 1.82) is 0 Å². The standard InChI is InChI=1S/C23H21FN6O4S/c24-17-6-8-18(9-7-17)30-21-20(14-26-30)23(32)29(15-25-21)27-22(31)16-4-10-19(11-5-16)35(33,34)28-12-2-1-3-13-28/h4-11,14-15H,1-3,12-13H2,(H,27,31). The Morgan fingerprint density at radius 1 is 0.971 bits per heavy atom. The van der Waals surface area contributed by atoms with Crippen LogP contribution < -0.4 is 11.0 Å². The summed E-state index contributed by atoms with van der Waals surface area (Å²) in [4.78, 5) is 29.9. The van der Waals surface area contributed by atoms with Gasteiger partial charge in [-0.05, 0) is 61.4 Å². The third-order valence-corrected chi connectivity index (χ3v) is 7.76. The lowest BCUT2D eigenvalue weighted by atomic mass is 10.2. The van der Waals surface area contributed by atoms with Crippen LogP contribution in [0.3, 0.4) is 0 Å². The molecule has 2 aromatic carbocycles. The quantitative estimate of drug-likeness (QED) is 0.453. The van der Waals surface area contributed by atoms with Crippen LogP contribution in [0.1, 0.15) is 29.6 Å². The fourth-order valence-corrected chi connectivity index (χ4v) is 5.49. The van der Waals surface area contributed by atoms with Gasteiger partial charge in [0, 0.05) is 18.7 Å². The van der Waals surface area contributed by atoms with Crippen LogP contribution in [-0.4, -0.2) is 51.2 Å². The number of halogens is 1. The summed E-state index contributed by atoms with van der Waals surface area (Å²) in [6.07, 6.45) is 5.14. The van der Waals surface area contributed by atoms with E-state index in [0.29, 0.717) is 18.8 Å². The van der Waals surface area contributed by atoms with Crippen molar-refractivity contribution in [3.63, 3.8) is 0 Å². The Labute approximate surface area is 199 Å². The molecule has 5 rings (SSSR count). The van der Waals surface area contributed by atoms with E-state index in [9.17, 15) is 22.4 Å². The molecule has 0 saturated carbocycles. The molecule has 0 unspecified atom stereocenters. The number of nitrogens with zero attached hydrogens (tertiary/aromatic N) is 5. The lowest BCUT2D eigenvalue weighted by molar-refractivity contribution is 0.101. The summed E-state index contributed by atoms with van der Waals surface area (Å²) in [5, 5.41) is 4.30. The van der Waals surface area contributed by atoms with Gasteiger partial charge in [-0.15, -0.1) is 0 Å². The molecular weight excluding hydrogens is 475 g/mol. The first-order chi connectivity index (χ1) is 16.8. The molecule has 0 bridgehead atoms. The summed E-state index contributed by atoms with van der Waals surface area (Å²) < 4.78 is 42.6. The first kappa shape index (κ1) is 22.9. The average Bonchev–Trinajstić information content (AvgIpc) is 3.31. The summed E-state index contributed by atoms with van der Waals surface area (Å²) in [6, 6.07) is 11.1. The molecular formula is C23H21FN6O4S. The van der Waals surface area contributed by atoms with Gasteiger partial charge >= 0.3 is 0 Å². The Morgan fingerprint density at radius 3 is 2.34 bits per heavy atom. The minimum absolute atomic E-state index is 0.115. The summed E-state index contributed by atoms with van der Waals surface area (Å²) >= 11 is 0. The maximum atomic E-state index is 13.2. The minimum atomic E-state index is -3.61. The second-order valence-corrected chi connectivity index (χ2v) is 10.1. The molecule has 35 heavy (non-hydrogen) atoms. The van der Waals surface area contributed by atoms with E-state index < -0.39 is 27.3 Å². The maximum Gasteiger partial charge on any atom is 0.283 e. The van der Waals surface area contributed by atoms with Crippen molar-refractivity contribution < 1.29 is 17.6 Å². The van der Waals surface area contributed by atoms with Gasteiger partial charge < -0.3 is 0 Å². The van der Waals surface area contributed by atoms with Crippen molar-refractivity contribution in [3.05, 3.63) is 82.8 Å². The Balaban J connectivity index is 1.36. The summed E-state index contributed by atoms with van der Waals surface area (Å²) in [5.74, 6) is -1.01. The van der Waals surface area contributed by atoms with E-state index in [2.05, 4.69) is 15.5 Å². The molecule has 1 N–H and O–H groups in total. The number of aromatic nitrogens is 4. The monoisotopic (exact) mass is 496 g/mol. The number of nitrogens with one attached hydrogen (secondary N) is 1. The van der Waals surface area contributed by atoms with Gasteiger partial charge in [-0.25, -0.2) is 27.2 Å². The van der Waals surface area contributed by atoms with Crippen molar-refractivity contribution in [3.8, 4) is 5.69 Å². The van der Waals surface area contributed by atoms with Crippen LogP contribution in [0.4, 0.5) is 4.39 Å². The summed E-state index contributed by atoms with van der Waals surface area (Å²) in [6.45, 7) is 0.974. The number of amides is 1. The van der Waals surface area contributed by atoms with Crippen LogP contribution in [0.5, 0.6) is 0 Å². The van der Waals surface area contributed by atoms with E-state index in [4.69, 9.17) is 0 Å². The second-order valence-electron chi connectivity index (χ2n) is 8.12. The van der Waals surface area contributed by atoms with Crippen molar-refractivity contribution in [1.82, 2.24) is 23.7 Å². The maximum absolute atomic E-state index is 13.2. The third kappa shape index (κ3) is 4.33. The lowest BCUT2D eigenvalue weighted by Gasteiger charge is -2.25. The SMILES string of the molecule is O=C(Nn1cnc2c(cnn2-c2ccc(F)cc2)c1=O)c1ccc(S(=O)(=O)N2CCCCC2)cc1. The van der Waals surface area contributed by atoms with Crippen LogP contribution in [-0.2, 0) is 10.0 Å². The zero-order valence-corrected chi connectivity index (χ0v) is 19.3. The van der Waals surface area contributed by atoms with Gasteiger partial charge in [0.1, 0.15) is 17.5 Å². The lowest BCUT2D eigenvalue weighted by Crippen LogP contribution is -2.35. The van der Waals surface area contributed by atoms with E-state index in [1.165, 1.54) is 63.7 Å². The third-order valence-electron chi connectivity index (χ3n) is 5.85. The highest BCUT2D eigenvalue weighted by molar-refractivity contribution is 7.89. The first-order valence-electron chi connectivity index (χ1n) is 11.0. The zero-order valence-electron chi connectivity index (χ0n) is 18.5. The van der Waals surface area contributed by atoms with E-state index in [1.807, 2.05) is 0 Å². The summed E-state index contributed by atoms with van der Waals surface area (Å²) in [5.41, 5.74) is 2.85. The zero-order chi connectivity index (χ0) is 24.6. The Hall–Kier alpha value is -3.90. The molecule has 1 fully saturated rings. The molecule has 10 nitrogen and oxygen atoms in total. The van der Waals surface area contributed by atoms with Crippen LogP contribution in [0, 0.1) is 5.82 Å². The molecule has 2 aromatic heterocycles. The molecule has 1 saturated heterocycles. The van der Waals surface area contributed by atoms with Gasteiger partial charge in [0.15, 0.2) is 5.65 Å². The highest BCUT2D eigenvalue weighted by Crippen LogP contribution is 2.21. The van der Waals surface area contributed by atoms with E-state index in [1.54, 1.807) is 0 Å². The number of sulfonamides is 1. The molecule has 1 aliphatic heterocycles. The van der Waals surface area contributed by atoms with E-state index >= 15 is 0 Å². The number of carbonyl (C=O) groups excluding carboxylic acids is 1. The summed E-state index contributed by atoms with van der Waals surface area (Å²) in [7, 11) is -3.61. The normalized spacial score (nSPS) is 14.8. The number of rotatable bonds is 5. The largest absolute Gasteiger partial charge is 0.283 e. The molecule has 0 spiro atoms. The van der Waals surface area contributed by atoms with E-state index in [0.717, 1.165) is 30.3 Å². The van der Waals surface area contributed by atoms with Crippen molar-refractivity contribution in [2.45, 2.75) is 24.2 Å². The average molecular weight is 497 g/mol. The molecule has 12 heteroatoms. The number of piperidine rings is 1. The molecule has 4 aromatic rings. The smallest absolute Gasteiger partial charge is 0.267 e. The molecule has 180 valence electrons. The van der Waals surface area contributed by atoms with Gasteiger partial charge in [0.25, 0.3) is 11.5 Å².